The van der Waals surface area contributed by atoms with Crippen LogP contribution in [0.15, 0.2) is 12.1 Å². The van der Waals surface area contributed by atoms with Crippen molar-refractivity contribution in [2.24, 2.45) is 0 Å². The molecule has 17 heavy (non-hydrogen) atoms. The molecule has 0 radical (unpaired) electrons. The van der Waals surface area contributed by atoms with Crippen LogP contribution in [0.2, 0.25) is 5.02 Å². The van der Waals surface area contributed by atoms with Gasteiger partial charge >= 0.3 is 0 Å². The summed E-state index contributed by atoms with van der Waals surface area (Å²) < 4.78 is 10.4. The Hall–Kier alpha value is -1.13. The van der Waals surface area contributed by atoms with Crippen molar-refractivity contribution in [2.45, 2.75) is 26.0 Å². The highest BCUT2D eigenvalue weighted by molar-refractivity contribution is 6.32. The van der Waals surface area contributed by atoms with Gasteiger partial charge in [0.2, 0.25) is 0 Å². The molecular formula is C12H18ClNO3. The summed E-state index contributed by atoms with van der Waals surface area (Å²) >= 11 is 6.00. The minimum absolute atomic E-state index is 0.102. The number of aliphatic hydroxyl groups excluding tert-OH is 1. The highest BCUT2D eigenvalue weighted by Crippen LogP contribution is 2.36. The van der Waals surface area contributed by atoms with E-state index in [0.717, 1.165) is 5.69 Å². The van der Waals surface area contributed by atoms with Gasteiger partial charge in [0.15, 0.2) is 0 Å². The van der Waals surface area contributed by atoms with Gasteiger partial charge in [-0.3, -0.25) is 0 Å². The zero-order valence-electron chi connectivity index (χ0n) is 10.5. The molecule has 0 heterocycles. The lowest BCUT2D eigenvalue weighted by atomic mass is 10.2. The van der Waals surface area contributed by atoms with Crippen molar-refractivity contribution in [3.63, 3.8) is 0 Å². The van der Waals surface area contributed by atoms with Crippen LogP contribution in [-0.4, -0.2) is 31.5 Å². The second kappa shape index (κ2) is 5.98. The molecule has 4 nitrogen and oxygen atoms in total. The van der Waals surface area contributed by atoms with Gasteiger partial charge in [0.05, 0.1) is 31.0 Å². The Morgan fingerprint density at radius 3 is 2.24 bits per heavy atom. The molecule has 2 atom stereocenters. The van der Waals surface area contributed by atoms with Crippen LogP contribution in [0, 0.1) is 0 Å². The molecule has 0 aliphatic heterocycles. The number of hydrogen-bond acceptors (Lipinski definition) is 4. The van der Waals surface area contributed by atoms with E-state index in [-0.39, 0.29) is 6.04 Å². The largest absolute Gasteiger partial charge is 0.495 e. The molecule has 96 valence electrons. The molecule has 1 aromatic rings. The Labute approximate surface area is 106 Å². The highest BCUT2D eigenvalue weighted by Gasteiger charge is 2.14. The lowest BCUT2D eigenvalue weighted by molar-refractivity contribution is 0.177. The second-order valence-corrected chi connectivity index (χ2v) is 4.27. The summed E-state index contributed by atoms with van der Waals surface area (Å²) in [6.45, 7) is 3.60. The third-order valence-electron chi connectivity index (χ3n) is 2.58. The molecule has 1 aromatic carbocycles. The first-order valence-corrected chi connectivity index (χ1v) is 5.73. The first kappa shape index (κ1) is 13.9. The van der Waals surface area contributed by atoms with E-state index >= 15 is 0 Å². The zero-order chi connectivity index (χ0) is 13.0. The molecule has 0 aliphatic rings. The van der Waals surface area contributed by atoms with E-state index in [1.165, 1.54) is 0 Å². The van der Waals surface area contributed by atoms with Crippen LogP contribution in [0.1, 0.15) is 13.8 Å². The molecule has 2 N–H and O–H groups in total. The molecule has 0 aromatic heterocycles. The quantitative estimate of drug-likeness (QED) is 0.853. The van der Waals surface area contributed by atoms with Gasteiger partial charge in [-0.05, 0) is 13.8 Å². The van der Waals surface area contributed by atoms with Crippen LogP contribution in [0.3, 0.4) is 0 Å². The fourth-order valence-electron chi connectivity index (χ4n) is 1.34. The maximum atomic E-state index is 9.47. The zero-order valence-corrected chi connectivity index (χ0v) is 11.2. The maximum absolute atomic E-state index is 9.47. The lowest BCUT2D eigenvalue weighted by Gasteiger charge is -2.20. The standard InChI is InChI=1S/C12H18ClNO3/c1-7(8(2)15)14-10-6-11(16-3)9(13)5-12(10)17-4/h5-8,14-15H,1-4H3. The number of halogens is 1. The Kier molecular flexibility index (Phi) is 4.90. The van der Waals surface area contributed by atoms with Crippen LogP contribution in [-0.2, 0) is 0 Å². The normalized spacial score (nSPS) is 14.0. The fourth-order valence-corrected chi connectivity index (χ4v) is 1.57. The Balaban J connectivity index is 3.04. The Morgan fingerprint density at radius 1 is 1.18 bits per heavy atom. The summed E-state index contributed by atoms with van der Waals surface area (Å²) in [5, 5.41) is 13.1. The molecule has 5 heteroatoms. The van der Waals surface area contributed by atoms with Gasteiger partial charge in [-0.15, -0.1) is 0 Å². The molecule has 0 aliphatic carbocycles. The summed E-state index contributed by atoms with van der Waals surface area (Å²) in [7, 11) is 3.12. The van der Waals surface area contributed by atoms with Gasteiger partial charge in [-0.1, -0.05) is 11.6 Å². The first-order chi connectivity index (χ1) is 7.99. The van der Waals surface area contributed by atoms with Crippen LogP contribution in [0.25, 0.3) is 0 Å². The van der Waals surface area contributed by atoms with E-state index in [1.54, 1.807) is 33.3 Å². The lowest BCUT2D eigenvalue weighted by Crippen LogP contribution is -2.28. The van der Waals surface area contributed by atoms with Gasteiger partial charge < -0.3 is 19.9 Å². The summed E-state index contributed by atoms with van der Waals surface area (Å²) in [4.78, 5) is 0. The van der Waals surface area contributed by atoms with E-state index in [0.29, 0.717) is 16.5 Å². The van der Waals surface area contributed by atoms with Crippen molar-refractivity contribution in [1.82, 2.24) is 0 Å². The van der Waals surface area contributed by atoms with E-state index in [9.17, 15) is 5.11 Å². The average molecular weight is 260 g/mol. The molecule has 0 amide bonds. The Morgan fingerprint density at radius 2 is 1.76 bits per heavy atom. The molecule has 0 fully saturated rings. The minimum Gasteiger partial charge on any atom is -0.495 e. The van der Waals surface area contributed by atoms with Crippen molar-refractivity contribution in [3.05, 3.63) is 17.2 Å². The van der Waals surface area contributed by atoms with Gasteiger partial charge in [0.1, 0.15) is 11.5 Å². The van der Waals surface area contributed by atoms with Gasteiger partial charge in [-0.2, -0.15) is 0 Å². The highest BCUT2D eigenvalue weighted by atomic mass is 35.5. The molecule has 2 unspecified atom stereocenters. The van der Waals surface area contributed by atoms with Crippen LogP contribution >= 0.6 is 11.6 Å². The summed E-state index contributed by atoms with van der Waals surface area (Å²) in [6.07, 6.45) is -0.471. The minimum atomic E-state index is -0.471. The van der Waals surface area contributed by atoms with Crippen LogP contribution in [0.4, 0.5) is 5.69 Å². The second-order valence-electron chi connectivity index (χ2n) is 3.86. The monoisotopic (exact) mass is 259 g/mol. The van der Waals surface area contributed by atoms with E-state index in [2.05, 4.69) is 5.32 Å². The van der Waals surface area contributed by atoms with Gasteiger partial charge in [0, 0.05) is 18.2 Å². The van der Waals surface area contributed by atoms with Crippen molar-refractivity contribution >= 4 is 17.3 Å². The Bertz CT molecular complexity index is 382. The SMILES string of the molecule is COc1cc(NC(C)C(C)O)c(OC)cc1Cl. The van der Waals surface area contributed by atoms with Crippen molar-refractivity contribution < 1.29 is 14.6 Å². The van der Waals surface area contributed by atoms with Crippen LogP contribution in [0.5, 0.6) is 11.5 Å². The topological polar surface area (TPSA) is 50.7 Å². The van der Waals surface area contributed by atoms with E-state index in [4.69, 9.17) is 21.1 Å². The van der Waals surface area contributed by atoms with Gasteiger partial charge in [-0.25, -0.2) is 0 Å². The number of aliphatic hydroxyl groups is 1. The molecular weight excluding hydrogens is 242 g/mol. The maximum Gasteiger partial charge on any atom is 0.143 e. The summed E-state index contributed by atoms with van der Waals surface area (Å²) in [5.74, 6) is 1.18. The average Bonchev–Trinajstić information content (AvgIpc) is 2.30. The number of methoxy groups -OCH3 is 2. The molecule has 0 saturated heterocycles. The third kappa shape index (κ3) is 3.41. The smallest absolute Gasteiger partial charge is 0.143 e. The van der Waals surface area contributed by atoms with Crippen LogP contribution < -0.4 is 14.8 Å². The van der Waals surface area contributed by atoms with Crippen molar-refractivity contribution in [1.29, 1.82) is 0 Å². The van der Waals surface area contributed by atoms with Gasteiger partial charge in [0.25, 0.3) is 0 Å². The fraction of sp³-hybridized carbons (Fsp3) is 0.500. The number of benzene rings is 1. The molecule has 0 saturated carbocycles. The predicted molar refractivity (Wildman–Crippen MR) is 69.3 cm³/mol. The van der Waals surface area contributed by atoms with Crippen molar-refractivity contribution in [3.8, 4) is 11.5 Å². The van der Waals surface area contributed by atoms with Crippen molar-refractivity contribution in [2.75, 3.05) is 19.5 Å². The third-order valence-corrected chi connectivity index (χ3v) is 2.88. The summed E-state index contributed by atoms with van der Waals surface area (Å²) in [6, 6.07) is 3.33. The number of nitrogens with one attached hydrogen (secondary N) is 1. The number of anilines is 1. The molecule has 1 rings (SSSR count). The first-order valence-electron chi connectivity index (χ1n) is 5.35. The van der Waals surface area contributed by atoms with E-state index in [1.807, 2.05) is 6.92 Å². The number of hydrogen-bond donors (Lipinski definition) is 2. The summed E-state index contributed by atoms with van der Waals surface area (Å²) in [5.41, 5.74) is 0.738. The molecule has 0 bridgehead atoms. The number of ether oxygens (including phenoxy) is 2. The predicted octanol–water partition coefficient (Wildman–Crippen LogP) is 2.54. The molecule has 0 spiro atoms. The van der Waals surface area contributed by atoms with E-state index < -0.39 is 6.10 Å². The number of rotatable bonds is 5.